The molecule has 0 bridgehead atoms. The molecule has 1 unspecified atom stereocenters. The summed E-state index contributed by atoms with van der Waals surface area (Å²) in [6.45, 7) is 5.29. The lowest BCUT2D eigenvalue weighted by Gasteiger charge is -2.20. The molecule has 1 aromatic rings. The molecule has 1 aromatic carbocycles. The number of nitrogens with one attached hydrogen (secondary N) is 1. The molecule has 0 fully saturated rings. The third-order valence-corrected chi connectivity index (χ3v) is 4.07. The van der Waals surface area contributed by atoms with Crippen LogP contribution in [0, 0.1) is 5.92 Å². The Labute approximate surface area is 132 Å². The van der Waals surface area contributed by atoms with E-state index >= 15 is 0 Å². The summed E-state index contributed by atoms with van der Waals surface area (Å²) >= 11 is 0. The van der Waals surface area contributed by atoms with Crippen LogP contribution in [0.15, 0.2) is 36.4 Å². The quantitative estimate of drug-likeness (QED) is 0.847. The molecule has 4 heteroatoms. The molecular weight excluding hydrogens is 276 g/mol. The third kappa shape index (κ3) is 3.97. The van der Waals surface area contributed by atoms with Crippen molar-refractivity contribution in [3.63, 3.8) is 0 Å². The predicted molar refractivity (Wildman–Crippen MR) is 88.8 cm³/mol. The third-order valence-electron chi connectivity index (χ3n) is 4.07. The Bertz CT molecular complexity index is 562. The molecule has 0 saturated heterocycles. The number of allylic oxidation sites excluding steroid dienone is 2. The summed E-state index contributed by atoms with van der Waals surface area (Å²) in [5, 5.41) is 2.94. The minimum Gasteiger partial charge on any atom is -0.339 e. The van der Waals surface area contributed by atoms with Crippen LogP contribution in [0.5, 0.6) is 0 Å². The molecule has 0 aromatic heterocycles. The lowest BCUT2D eigenvalue weighted by atomic mass is 9.93. The first-order valence-electron chi connectivity index (χ1n) is 8.00. The van der Waals surface area contributed by atoms with Gasteiger partial charge in [-0.05, 0) is 51.3 Å². The zero-order chi connectivity index (χ0) is 15.9. The topological polar surface area (TPSA) is 49.4 Å². The molecule has 2 rings (SSSR count). The smallest absolute Gasteiger partial charge is 0.253 e. The van der Waals surface area contributed by atoms with Gasteiger partial charge in [-0.1, -0.05) is 18.2 Å². The number of anilines is 1. The van der Waals surface area contributed by atoms with Crippen molar-refractivity contribution in [3.8, 4) is 0 Å². The van der Waals surface area contributed by atoms with Crippen LogP contribution in [-0.2, 0) is 4.79 Å². The number of amides is 2. The lowest BCUT2D eigenvalue weighted by molar-refractivity contribution is -0.120. The van der Waals surface area contributed by atoms with Gasteiger partial charge < -0.3 is 10.2 Å². The maximum Gasteiger partial charge on any atom is 0.253 e. The van der Waals surface area contributed by atoms with Crippen molar-refractivity contribution in [2.24, 2.45) is 5.92 Å². The van der Waals surface area contributed by atoms with Gasteiger partial charge in [0.25, 0.3) is 5.91 Å². The average molecular weight is 300 g/mol. The summed E-state index contributed by atoms with van der Waals surface area (Å²) < 4.78 is 0. The number of hydrogen-bond acceptors (Lipinski definition) is 2. The molecular formula is C18H24N2O2. The van der Waals surface area contributed by atoms with Gasteiger partial charge in [0.05, 0.1) is 0 Å². The number of rotatable bonds is 5. The van der Waals surface area contributed by atoms with Gasteiger partial charge >= 0.3 is 0 Å². The molecule has 1 N–H and O–H groups in total. The molecule has 0 spiro atoms. The van der Waals surface area contributed by atoms with Crippen LogP contribution in [-0.4, -0.2) is 29.8 Å². The van der Waals surface area contributed by atoms with E-state index in [0.717, 1.165) is 19.3 Å². The summed E-state index contributed by atoms with van der Waals surface area (Å²) in [6, 6.07) is 7.19. The van der Waals surface area contributed by atoms with Crippen LogP contribution >= 0.6 is 0 Å². The standard InChI is InChI=1S/C18H24N2O2/c1-3-20(4-2)18(22)15-11-8-12-16(13-15)19-17(21)14-9-6-5-7-10-14/h5-6,8,11-14H,3-4,7,9-10H2,1-2H3,(H,19,21). The Hall–Kier alpha value is -2.10. The molecule has 4 nitrogen and oxygen atoms in total. The molecule has 2 amide bonds. The average Bonchev–Trinajstić information content (AvgIpc) is 2.57. The molecule has 118 valence electrons. The van der Waals surface area contributed by atoms with E-state index in [0.29, 0.717) is 24.3 Å². The lowest BCUT2D eigenvalue weighted by Crippen LogP contribution is -2.30. The molecule has 1 aliphatic carbocycles. The van der Waals surface area contributed by atoms with Crippen molar-refractivity contribution >= 4 is 17.5 Å². The van der Waals surface area contributed by atoms with Crippen molar-refractivity contribution < 1.29 is 9.59 Å². The molecule has 0 aliphatic heterocycles. The first-order valence-corrected chi connectivity index (χ1v) is 8.00. The fourth-order valence-electron chi connectivity index (χ4n) is 2.70. The van der Waals surface area contributed by atoms with E-state index in [1.54, 1.807) is 17.0 Å². The van der Waals surface area contributed by atoms with E-state index < -0.39 is 0 Å². The van der Waals surface area contributed by atoms with Gasteiger partial charge in [0.15, 0.2) is 0 Å². The number of carbonyl (C=O) groups is 2. The Balaban J connectivity index is 2.06. The first-order chi connectivity index (χ1) is 10.7. The van der Waals surface area contributed by atoms with Gasteiger partial charge in [0.2, 0.25) is 5.91 Å². The summed E-state index contributed by atoms with van der Waals surface area (Å²) in [6.07, 6.45) is 6.82. The van der Waals surface area contributed by atoms with Crippen LogP contribution in [0.1, 0.15) is 43.5 Å². The van der Waals surface area contributed by atoms with Crippen molar-refractivity contribution in [1.29, 1.82) is 0 Å². The van der Waals surface area contributed by atoms with Gasteiger partial charge in [-0.15, -0.1) is 0 Å². The fraction of sp³-hybridized carbons (Fsp3) is 0.444. The summed E-state index contributed by atoms with van der Waals surface area (Å²) in [5.74, 6) is 0.0747. The zero-order valence-electron chi connectivity index (χ0n) is 13.3. The maximum absolute atomic E-state index is 12.4. The highest BCUT2D eigenvalue weighted by atomic mass is 16.2. The minimum atomic E-state index is 0.00157. The second-order valence-electron chi connectivity index (χ2n) is 5.53. The van der Waals surface area contributed by atoms with Crippen LogP contribution < -0.4 is 5.32 Å². The highest BCUT2D eigenvalue weighted by Crippen LogP contribution is 2.21. The van der Waals surface area contributed by atoms with Crippen LogP contribution in [0.3, 0.4) is 0 Å². The second kappa shape index (κ2) is 7.78. The number of carbonyl (C=O) groups excluding carboxylic acids is 2. The number of nitrogens with zero attached hydrogens (tertiary/aromatic N) is 1. The van der Waals surface area contributed by atoms with Crippen LogP contribution in [0.2, 0.25) is 0 Å². The SMILES string of the molecule is CCN(CC)C(=O)c1cccc(NC(=O)C2CC=CCC2)c1. The molecule has 0 radical (unpaired) electrons. The van der Waals surface area contributed by atoms with Crippen LogP contribution in [0.4, 0.5) is 5.69 Å². The van der Waals surface area contributed by atoms with Crippen LogP contribution in [0.25, 0.3) is 0 Å². The van der Waals surface area contributed by atoms with Crippen molar-refractivity contribution in [1.82, 2.24) is 4.90 Å². The summed E-state index contributed by atoms with van der Waals surface area (Å²) in [5.41, 5.74) is 1.31. The van der Waals surface area contributed by atoms with Crippen molar-refractivity contribution in [2.75, 3.05) is 18.4 Å². The van der Waals surface area contributed by atoms with Crippen molar-refractivity contribution in [2.45, 2.75) is 33.1 Å². The Morgan fingerprint density at radius 3 is 2.64 bits per heavy atom. The molecule has 0 saturated carbocycles. The monoisotopic (exact) mass is 300 g/mol. The van der Waals surface area contributed by atoms with Gasteiger partial charge in [0, 0.05) is 30.3 Å². The molecule has 0 heterocycles. The van der Waals surface area contributed by atoms with Gasteiger partial charge in [0.1, 0.15) is 0 Å². The van der Waals surface area contributed by atoms with E-state index in [9.17, 15) is 9.59 Å². The normalized spacial score (nSPS) is 17.1. The highest BCUT2D eigenvalue weighted by Gasteiger charge is 2.19. The minimum absolute atomic E-state index is 0.00157. The number of benzene rings is 1. The van der Waals surface area contributed by atoms with E-state index in [-0.39, 0.29) is 17.7 Å². The number of hydrogen-bond donors (Lipinski definition) is 1. The zero-order valence-corrected chi connectivity index (χ0v) is 13.3. The van der Waals surface area contributed by atoms with E-state index in [1.807, 2.05) is 26.0 Å². The summed E-state index contributed by atoms with van der Waals surface area (Å²) in [7, 11) is 0. The van der Waals surface area contributed by atoms with Gasteiger partial charge in [-0.3, -0.25) is 9.59 Å². The van der Waals surface area contributed by atoms with Crippen molar-refractivity contribution in [3.05, 3.63) is 42.0 Å². The van der Waals surface area contributed by atoms with E-state index in [2.05, 4.69) is 17.5 Å². The van der Waals surface area contributed by atoms with E-state index in [1.165, 1.54) is 0 Å². The van der Waals surface area contributed by atoms with E-state index in [4.69, 9.17) is 0 Å². The Morgan fingerprint density at radius 1 is 1.23 bits per heavy atom. The maximum atomic E-state index is 12.4. The van der Waals surface area contributed by atoms with Gasteiger partial charge in [-0.25, -0.2) is 0 Å². The summed E-state index contributed by atoms with van der Waals surface area (Å²) in [4.78, 5) is 26.4. The largest absolute Gasteiger partial charge is 0.339 e. The Kier molecular flexibility index (Phi) is 5.75. The molecule has 1 aliphatic rings. The molecule has 22 heavy (non-hydrogen) atoms. The fourth-order valence-corrected chi connectivity index (χ4v) is 2.70. The second-order valence-corrected chi connectivity index (χ2v) is 5.53. The Morgan fingerprint density at radius 2 is 2.00 bits per heavy atom. The molecule has 1 atom stereocenters. The predicted octanol–water partition coefficient (Wildman–Crippen LogP) is 3.46. The van der Waals surface area contributed by atoms with Gasteiger partial charge in [-0.2, -0.15) is 0 Å². The highest BCUT2D eigenvalue weighted by molar-refractivity contribution is 5.97. The first kappa shape index (κ1) is 16.3.